The predicted octanol–water partition coefficient (Wildman–Crippen LogP) is 12.9. The minimum Gasteiger partial charge on any atom is -0.371 e. The third-order valence-electron chi connectivity index (χ3n) is 12.6. The number of pyridine rings is 2. The number of anilines is 5. The van der Waals surface area contributed by atoms with Gasteiger partial charge in [0.2, 0.25) is 11.9 Å². The quantitative estimate of drug-likeness (QED) is 0.143. The number of guanidine groups is 2. The van der Waals surface area contributed by atoms with Crippen LogP contribution in [0.25, 0.3) is 5.70 Å². The maximum atomic E-state index is 14.2. The van der Waals surface area contributed by atoms with Gasteiger partial charge in [0.15, 0.2) is 5.84 Å². The van der Waals surface area contributed by atoms with Gasteiger partial charge in [-0.3, -0.25) is 0 Å². The van der Waals surface area contributed by atoms with Crippen molar-refractivity contribution < 1.29 is 26.3 Å². The van der Waals surface area contributed by atoms with E-state index in [-0.39, 0.29) is 18.0 Å². The Morgan fingerprint density at radius 3 is 1.84 bits per heavy atom. The maximum absolute atomic E-state index is 14.2. The Hall–Kier alpha value is -7.10. The first-order valence-corrected chi connectivity index (χ1v) is 22.6. The number of nitrogens with one attached hydrogen (secondary N) is 2. The Labute approximate surface area is 383 Å². The molecule has 4 aliphatic heterocycles. The molecule has 5 aromatic rings. The minimum absolute atomic E-state index is 0.0312. The van der Waals surface area contributed by atoms with Crippen LogP contribution >= 0.6 is 0 Å². The number of amidine groups is 1. The molecule has 3 aromatic carbocycles. The Morgan fingerprint density at radius 1 is 0.582 bits per heavy atom. The number of nitrogens with zero attached hydrogens (tertiary/aromatic N) is 8. The van der Waals surface area contributed by atoms with Gasteiger partial charge in [-0.1, -0.05) is 43.5 Å². The fourth-order valence-corrected chi connectivity index (χ4v) is 9.29. The number of hydrogen-bond acceptors (Lipinski definition) is 10. The van der Waals surface area contributed by atoms with Crippen molar-refractivity contribution in [2.45, 2.75) is 83.5 Å². The van der Waals surface area contributed by atoms with Crippen molar-refractivity contribution >= 4 is 57.9 Å². The molecular weight excluding hydrogens is 867 g/mol. The third kappa shape index (κ3) is 9.34. The lowest BCUT2D eigenvalue weighted by Crippen LogP contribution is -2.42. The van der Waals surface area contributed by atoms with E-state index in [4.69, 9.17) is 20.0 Å². The van der Waals surface area contributed by atoms with Crippen LogP contribution in [0, 0.1) is 13.8 Å². The van der Waals surface area contributed by atoms with Crippen LogP contribution in [0.3, 0.4) is 0 Å². The van der Waals surface area contributed by atoms with Crippen molar-refractivity contribution in [3.05, 3.63) is 154 Å². The number of halogens is 6. The molecule has 0 atom stereocenters. The highest BCUT2D eigenvalue weighted by molar-refractivity contribution is 6.27. The highest BCUT2D eigenvalue weighted by Crippen LogP contribution is 2.41. The highest BCUT2D eigenvalue weighted by Gasteiger charge is 2.39. The molecule has 0 unspecified atom stereocenters. The molecule has 10 rings (SSSR count). The molecule has 2 N–H and O–H groups in total. The molecule has 67 heavy (non-hydrogen) atoms. The van der Waals surface area contributed by atoms with Crippen molar-refractivity contribution in [1.82, 2.24) is 14.9 Å². The summed E-state index contributed by atoms with van der Waals surface area (Å²) in [5, 5.41) is 7.03. The normalized spacial score (nSPS) is 17.7. The number of rotatable bonds is 9. The zero-order chi connectivity index (χ0) is 46.5. The standard InChI is InChI=1S/C51H46F6N10/c1-30-11-9-15-45(58-30)60-41-25-33(32-13-5-3-6-14-32)17-19-39(41)43-28-38-29-44(40-20-18-37(66-21-7-4-8-22-66)27-42(40)61-46-16-10-12-31(2)59-46)63-49-65-47(64-48(62-43)67(38)49)34-23-35(50(52,53)54)26-36(24-34)51(55,56)57/h9-12,15-20,23-29,32H,3-8,13-14,21-22H2,1-2H3,(H,58,60)(H,59,61). The predicted molar refractivity (Wildman–Crippen MR) is 252 cm³/mol. The van der Waals surface area contributed by atoms with Crippen LogP contribution in [0.5, 0.6) is 0 Å². The number of alkyl halides is 6. The van der Waals surface area contributed by atoms with Crippen molar-refractivity contribution in [1.29, 1.82) is 0 Å². The molecule has 16 heteroatoms. The summed E-state index contributed by atoms with van der Waals surface area (Å²) in [6.45, 7) is 5.61. The number of piperidine rings is 1. The topological polar surface area (TPSA) is 106 Å². The fourth-order valence-electron chi connectivity index (χ4n) is 9.29. The lowest BCUT2D eigenvalue weighted by molar-refractivity contribution is -0.143. The summed E-state index contributed by atoms with van der Waals surface area (Å²) in [5.74, 6) is 1.11. The molecule has 0 radical (unpaired) electrons. The van der Waals surface area contributed by atoms with Gasteiger partial charge in [0, 0.05) is 52.5 Å². The summed E-state index contributed by atoms with van der Waals surface area (Å²) in [4.78, 5) is 32.4. The van der Waals surface area contributed by atoms with E-state index in [0.717, 1.165) is 80.8 Å². The summed E-state index contributed by atoms with van der Waals surface area (Å²) < 4.78 is 85.5. The zero-order valence-electron chi connectivity index (χ0n) is 36.8. The second-order valence-electron chi connectivity index (χ2n) is 17.5. The van der Waals surface area contributed by atoms with Gasteiger partial charge in [-0.2, -0.15) is 36.3 Å². The first kappa shape index (κ1) is 43.8. The number of aromatic nitrogens is 2. The summed E-state index contributed by atoms with van der Waals surface area (Å²) in [5.41, 5.74) is 4.47. The van der Waals surface area contributed by atoms with E-state index in [9.17, 15) is 26.3 Å². The molecule has 0 bridgehead atoms. The second-order valence-corrected chi connectivity index (χ2v) is 17.5. The highest BCUT2D eigenvalue weighted by atomic mass is 19.4. The van der Waals surface area contributed by atoms with Crippen molar-refractivity contribution in [2.24, 2.45) is 20.0 Å². The molecule has 1 saturated carbocycles. The van der Waals surface area contributed by atoms with Crippen molar-refractivity contribution in [3.8, 4) is 0 Å². The third-order valence-corrected chi connectivity index (χ3v) is 12.6. The molecule has 2 fully saturated rings. The van der Waals surface area contributed by atoms with Crippen LogP contribution in [0.1, 0.15) is 102 Å². The minimum atomic E-state index is -5.09. The van der Waals surface area contributed by atoms with Gasteiger partial charge in [0.1, 0.15) is 11.6 Å². The molecule has 2 aromatic heterocycles. The van der Waals surface area contributed by atoms with Crippen LogP contribution in [-0.4, -0.2) is 51.4 Å². The smallest absolute Gasteiger partial charge is 0.371 e. The van der Waals surface area contributed by atoms with E-state index >= 15 is 0 Å². The monoisotopic (exact) mass is 912 g/mol. The molecule has 1 aliphatic carbocycles. The summed E-state index contributed by atoms with van der Waals surface area (Å²) >= 11 is 0. The number of aliphatic imine (C=N–C) groups is 4. The van der Waals surface area contributed by atoms with Gasteiger partial charge >= 0.3 is 12.4 Å². The maximum Gasteiger partial charge on any atom is 0.416 e. The van der Waals surface area contributed by atoms with E-state index < -0.39 is 34.9 Å². The second kappa shape index (κ2) is 17.6. The zero-order valence-corrected chi connectivity index (χ0v) is 36.8. The Kier molecular flexibility index (Phi) is 11.5. The van der Waals surface area contributed by atoms with E-state index in [1.165, 1.54) is 12.0 Å². The lowest BCUT2D eigenvalue weighted by Gasteiger charge is -2.33. The van der Waals surface area contributed by atoms with E-state index in [1.54, 1.807) is 4.90 Å². The number of hydrogen-bond donors (Lipinski definition) is 2. The Balaban J connectivity index is 1.16. The molecule has 6 heterocycles. The number of benzene rings is 3. The summed E-state index contributed by atoms with van der Waals surface area (Å²) in [6, 6.07) is 24.9. The van der Waals surface area contributed by atoms with Crippen LogP contribution in [-0.2, 0) is 12.4 Å². The fraction of sp³-hybridized carbons (Fsp3) is 0.294. The first-order chi connectivity index (χ1) is 32.2. The Morgan fingerprint density at radius 2 is 1.19 bits per heavy atom. The van der Waals surface area contributed by atoms with Crippen molar-refractivity contribution in [3.63, 3.8) is 0 Å². The largest absolute Gasteiger partial charge is 0.416 e. The Bertz CT molecular complexity index is 2810. The average molecular weight is 913 g/mol. The van der Waals surface area contributed by atoms with Crippen LogP contribution in [0.4, 0.5) is 55.0 Å². The molecular formula is C51H46F6N10. The van der Waals surface area contributed by atoms with Gasteiger partial charge in [0.05, 0.1) is 33.9 Å². The molecule has 0 amide bonds. The molecule has 1 saturated heterocycles. The van der Waals surface area contributed by atoms with E-state index in [2.05, 4.69) is 43.7 Å². The molecule has 5 aliphatic rings. The summed E-state index contributed by atoms with van der Waals surface area (Å²) in [7, 11) is 0. The van der Waals surface area contributed by atoms with Gasteiger partial charge < -0.3 is 15.5 Å². The number of aryl methyl sites for hydroxylation is 2. The van der Waals surface area contributed by atoms with Gasteiger partial charge in [0.25, 0.3) is 0 Å². The first-order valence-electron chi connectivity index (χ1n) is 22.6. The van der Waals surface area contributed by atoms with Crippen LogP contribution in [0.15, 0.2) is 129 Å². The lowest BCUT2D eigenvalue weighted by atomic mass is 9.83. The van der Waals surface area contributed by atoms with Gasteiger partial charge in [-0.25, -0.2) is 24.9 Å². The van der Waals surface area contributed by atoms with Gasteiger partial charge in [-0.15, -0.1) is 0 Å². The van der Waals surface area contributed by atoms with Crippen molar-refractivity contribution in [2.75, 3.05) is 28.6 Å². The molecule has 0 spiro atoms. The van der Waals surface area contributed by atoms with Gasteiger partial charge in [-0.05, 0) is 136 Å². The average Bonchev–Trinajstić information content (AvgIpc) is 3.31. The van der Waals surface area contributed by atoms with Crippen LogP contribution < -0.4 is 15.5 Å². The molecule has 10 nitrogen and oxygen atoms in total. The molecule has 342 valence electrons. The number of allylic oxidation sites excluding steroid dienone is 2. The van der Waals surface area contributed by atoms with E-state index in [0.29, 0.717) is 63.6 Å². The SMILES string of the molecule is Cc1cccc(Nc2cc(N3CCCCC3)ccc2C2=CC3=CC(c4ccc(C5CCCCC5)cc4Nc4cccc(C)n4)=NC4=NC(c5cc(C(F)(F)F)cc(C(F)(F)F)c5)=NC(=N2)N34)n1. The van der Waals surface area contributed by atoms with E-state index in [1.807, 2.05) is 80.6 Å². The van der Waals surface area contributed by atoms with Crippen LogP contribution in [0.2, 0.25) is 0 Å². The summed E-state index contributed by atoms with van der Waals surface area (Å²) in [6.07, 6.45) is 2.44.